The Kier molecular flexibility index (Phi) is 5.91. The Labute approximate surface area is 212 Å². The average molecular weight is 463 g/mol. The topological polar surface area (TPSA) is 6.48 Å². The maximum atomic E-state index is 2.31. The Balaban J connectivity index is 1.44. The van der Waals surface area contributed by atoms with E-state index in [0.717, 1.165) is 34.1 Å². The number of benzene rings is 6. The molecule has 172 valence electrons. The summed E-state index contributed by atoms with van der Waals surface area (Å²) < 4.78 is 0. The van der Waals surface area contributed by atoms with Crippen LogP contribution < -0.4 is 9.80 Å². The number of hydrogen-bond donors (Lipinski definition) is 0. The number of para-hydroxylation sites is 3. The normalized spacial score (nSPS) is 10.8. The Morgan fingerprint density at radius 1 is 0.250 bits per heavy atom. The van der Waals surface area contributed by atoms with E-state index in [0.29, 0.717) is 0 Å². The lowest BCUT2D eigenvalue weighted by Gasteiger charge is -2.28. The first kappa shape index (κ1) is 21.7. The zero-order valence-electron chi connectivity index (χ0n) is 19.9. The molecule has 0 saturated heterocycles. The summed E-state index contributed by atoms with van der Waals surface area (Å²) in [6, 6.07) is 55.5. The van der Waals surface area contributed by atoms with Crippen molar-refractivity contribution in [1.29, 1.82) is 0 Å². The second-order valence-electron chi connectivity index (χ2n) is 8.73. The Morgan fingerprint density at radius 2 is 0.583 bits per heavy atom. The third-order valence-corrected chi connectivity index (χ3v) is 6.40. The summed E-state index contributed by atoms with van der Waals surface area (Å²) >= 11 is 0. The fourth-order valence-corrected chi connectivity index (χ4v) is 4.69. The van der Waals surface area contributed by atoms with Gasteiger partial charge < -0.3 is 9.80 Å². The van der Waals surface area contributed by atoms with Gasteiger partial charge in [0.2, 0.25) is 0 Å². The molecule has 6 aromatic carbocycles. The van der Waals surface area contributed by atoms with Crippen molar-refractivity contribution < 1.29 is 0 Å². The zero-order chi connectivity index (χ0) is 24.2. The molecule has 0 fully saturated rings. The van der Waals surface area contributed by atoms with Crippen molar-refractivity contribution >= 4 is 44.9 Å². The van der Waals surface area contributed by atoms with Crippen LogP contribution in [0.25, 0.3) is 10.8 Å². The molecule has 6 aromatic rings. The van der Waals surface area contributed by atoms with Crippen LogP contribution in [0, 0.1) is 0 Å². The van der Waals surface area contributed by atoms with Crippen LogP contribution in [0.15, 0.2) is 158 Å². The van der Waals surface area contributed by atoms with Crippen LogP contribution in [0.3, 0.4) is 0 Å². The van der Waals surface area contributed by atoms with E-state index in [1.807, 2.05) is 0 Å². The first-order chi connectivity index (χ1) is 17.9. The maximum Gasteiger partial charge on any atom is 0.0468 e. The number of hydrogen-bond acceptors (Lipinski definition) is 2. The second-order valence-corrected chi connectivity index (χ2v) is 8.73. The van der Waals surface area contributed by atoms with Gasteiger partial charge in [-0.1, -0.05) is 84.9 Å². The lowest BCUT2D eigenvalue weighted by molar-refractivity contribution is 1.26. The predicted octanol–water partition coefficient (Wildman–Crippen LogP) is 9.78. The lowest BCUT2D eigenvalue weighted by Crippen LogP contribution is -2.12. The largest absolute Gasteiger partial charge is 0.311 e. The highest BCUT2D eigenvalue weighted by Gasteiger charge is 2.15. The van der Waals surface area contributed by atoms with Crippen LogP contribution in [0.5, 0.6) is 0 Å². The van der Waals surface area contributed by atoms with Crippen LogP contribution in [0.1, 0.15) is 0 Å². The minimum Gasteiger partial charge on any atom is -0.311 e. The van der Waals surface area contributed by atoms with Crippen LogP contribution in [0.2, 0.25) is 0 Å². The second kappa shape index (κ2) is 9.81. The van der Waals surface area contributed by atoms with E-state index in [1.165, 1.54) is 10.8 Å². The highest BCUT2D eigenvalue weighted by molar-refractivity contribution is 5.89. The summed E-state index contributed by atoms with van der Waals surface area (Å²) in [5, 5.41) is 2.47. The van der Waals surface area contributed by atoms with Crippen LogP contribution in [-0.4, -0.2) is 0 Å². The molecule has 2 nitrogen and oxygen atoms in total. The Bertz CT molecular complexity index is 1520. The smallest absolute Gasteiger partial charge is 0.0468 e. The molecule has 0 aliphatic carbocycles. The molecule has 0 atom stereocenters. The monoisotopic (exact) mass is 462 g/mol. The SMILES string of the molecule is c1ccc(N(c2ccccc2)c2ccc(N(c3ccccc3)c3ccc4ccccc4c3)cc2)cc1. The van der Waals surface area contributed by atoms with Crippen molar-refractivity contribution in [2.45, 2.75) is 0 Å². The molecule has 0 radical (unpaired) electrons. The van der Waals surface area contributed by atoms with Crippen molar-refractivity contribution in [3.63, 3.8) is 0 Å². The molecule has 0 N–H and O–H groups in total. The van der Waals surface area contributed by atoms with E-state index in [2.05, 4.69) is 168 Å². The summed E-state index contributed by atoms with van der Waals surface area (Å²) in [4.78, 5) is 4.60. The van der Waals surface area contributed by atoms with Crippen LogP contribution in [0.4, 0.5) is 34.1 Å². The molecule has 2 heteroatoms. The zero-order valence-corrected chi connectivity index (χ0v) is 19.9. The maximum absolute atomic E-state index is 2.31. The number of anilines is 6. The molecule has 0 heterocycles. The van der Waals surface area contributed by atoms with E-state index in [4.69, 9.17) is 0 Å². The summed E-state index contributed by atoms with van der Waals surface area (Å²) in [5.74, 6) is 0. The predicted molar refractivity (Wildman–Crippen MR) is 153 cm³/mol. The number of rotatable bonds is 6. The molecule has 0 spiro atoms. The summed E-state index contributed by atoms with van der Waals surface area (Å²) in [6.45, 7) is 0. The standard InChI is InChI=1S/C34H26N2/c1-4-14-29(15-5-1)35(30-16-6-2-7-17-30)32-22-24-33(25-23-32)36(31-18-8-3-9-19-31)34-21-20-27-12-10-11-13-28(27)26-34/h1-26H. The van der Waals surface area contributed by atoms with E-state index in [-0.39, 0.29) is 0 Å². The van der Waals surface area contributed by atoms with Gasteiger partial charge in [0, 0.05) is 34.1 Å². The van der Waals surface area contributed by atoms with Gasteiger partial charge in [-0.2, -0.15) is 0 Å². The fourth-order valence-electron chi connectivity index (χ4n) is 4.69. The van der Waals surface area contributed by atoms with E-state index >= 15 is 0 Å². The van der Waals surface area contributed by atoms with Gasteiger partial charge >= 0.3 is 0 Å². The van der Waals surface area contributed by atoms with Crippen molar-refractivity contribution in [1.82, 2.24) is 0 Å². The molecular formula is C34H26N2. The third-order valence-electron chi connectivity index (χ3n) is 6.40. The quantitative estimate of drug-likeness (QED) is 0.243. The molecular weight excluding hydrogens is 436 g/mol. The highest BCUT2D eigenvalue weighted by Crippen LogP contribution is 2.39. The van der Waals surface area contributed by atoms with Crippen LogP contribution >= 0.6 is 0 Å². The molecule has 0 saturated carbocycles. The van der Waals surface area contributed by atoms with E-state index in [1.54, 1.807) is 0 Å². The van der Waals surface area contributed by atoms with Gasteiger partial charge in [-0.3, -0.25) is 0 Å². The van der Waals surface area contributed by atoms with Gasteiger partial charge in [0.05, 0.1) is 0 Å². The van der Waals surface area contributed by atoms with Gasteiger partial charge in [0.1, 0.15) is 0 Å². The highest BCUT2D eigenvalue weighted by atomic mass is 15.2. The molecule has 0 aliphatic rings. The van der Waals surface area contributed by atoms with Gasteiger partial charge in [0.15, 0.2) is 0 Å². The van der Waals surface area contributed by atoms with Gasteiger partial charge in [-0.15, -0.1) is 0 Å². The summed E-state index contributed by atoms with van der Waals surface area (Å²) in [7, 11) is 0. The minimum absolute atomic E-state index is 1.11. The molecule has 0 unspecified atom stereocenters. The van der Waals surface area contributed by atoms with E-state index in [9.17, 15) is 0 Å². The van der Waals surface area contributed by atoms with Crippen molar-refractivity contribution in [2.24, 2.45) is 0 Å². The van der Waals surface area contributed by atoms with Crippen molar-refractivity contribution in [2.75, 3.05) is 9.80 Å². The van der Waals surface area contributed by atoms with Gasteiger partial charge in [-0.25, -0.2) is 0 Å². The van der Waals surface area contributed by atoms with E-state index < -0.39 is 0 Å². The molecule has 0 amide bonds. The van der Waals surface area contributed by atoms with Crippen LogP contribution in [-0.2, 0) is 0 Å². The van der Waals surface area contributed by atoms with Gasteiger partial charge in [-0.05, 0) is 83.6 Å². The minimum atomic E-state index is 1.11. The Hall–Kier alpha value is -4.82. The van der Waals surface area contributed by atoms with Crippen molar-refractivity contribution in [3.8, 4) is 0 Å². The first-order valence-corrected chi connectivity index (χ1v) is 12.2. The molecule has 6 rings (SSSR count). The lowest BCUT2D eigenvalue weighted by atomic mass is 10.1. The third kappa shape index (κ3) is 4.33. The number of nitrogens with zero attached hydrogens (tertiary/aromatic N) is 2. The Morgan fingerprint density at radius 3 is 1.06 bits per heavy atom. The van der Waals surface area contributed by atoms with Crippen molar-refractivity contribution in [3.05, 3.63) is 158 Å². The summed E-state index contributed by atoms with van der Waals surface area (Å²) in [6.07, 6.45) is 0. The molecule has 0 aliphatic heterocycles. The average Bonchev–Trinajstić information content (AvgIpc) is 2.96. The first-order valence-electron chi connectivity index (χ1n) is 12.2. The molecule has 0 aromatic heterocycles. The molecule has 36 heavy (non-hydrogen) atoms. The number of fused-ring (bicyclic) bond motifs is 1. The molecule has 0 bridgehead atoms. The van der Waals surface area contributed by atoms with Gasteiger partial charge in [0.25, 0.3) is 0 Å². The summed E-state index contributed by atoms with van der Waals surface area (Å²) in [5.41, 5.74) is 6.75. The fraction of sp³-hybridized carbons (Fsp3) is 0.